The average molecular weight is 250 g/mol. The van der Waals surface area contributed by atoms with Crippen molar-refractivity contribution in [2.45, 2.75) is 6.92 Å². The second-order valence-corrected chi connectivity index (χ2v) is 3.83. The lowest BCUT2D eigenvalue weighted by Gasteiger charge is -2.09. The van der Waals surface area contributed by atoms with Gasteiger partial charge in [0.25, 0.3) is 5.91 Å². The lowest BCUT2D eigenvalue weighted by Crippen LogP contribution is -2.37. The van der Waals surface area contributed by atoms with E-state index in [1.807, 2.05) is 26.1 Å². The third-order valence-corrected chi connectivity index (χ3v) is 2.47. The van der Waals surface area contributed by atoms with Gasteiger partial charge in [0.15, 0.2) is 0 Å². The Bertz CT molecular complexity index is 446. The summed E-state index contributed by atoms with van der Waals surface area (Å²) in [5.41, 5.74) is 7.37. The molecule has 0 unspecified atom stereocenters. The quantitative estimate of drug-likeness (QED) is 0.571. The van der Waals surface area contributed by atoms with E-state index in [0.29, 0.717) is 18.7 Å². The molecule has 0 fully saturated rings. The van der Waals surface area contributed by atoms with Crippen LogP contribution in [0.3, 0.4) is 0 Å². The highest BCUT2D eigenvalue weighted by atomic mass is 16.2. The summed E-state index contributed by atoms with van der Waals surface area (Å²) in [6.45, 7) is 2.53. The van der Waals surface area contributed by atoms with Crippen LogP contribution < -0.4 is 21.7 Å². The summed E-state index contributed by atoms with van der Waals surface area (Å²) in [7, 11) is 1.82. The fourth-order valence-corrected chi connectivity index (χ4v) is 1.53. The van der Waals surface area contributed by atoms with Crippen molar-refractivity contribution >= 4 is 17.6 Å². The predicted octanol–water partition coefficient (Wildman–Crippen LogP) is 0.435. The number of carbonyl (C=O) groups excluding carboxylic acids is 2. The number of urea groups is 1. The predicted molar refractivity (Wildman–Crippen MR) is 70.6 cm³/mol. The first-order valence-corrected chi connectivity index (χ1v) is 5.64. The van der Waals surface area contributed by atoms with Gasteiger partial charge < -0.3 is 21.7 Å². The molecule has 0 heterocycles. The summed E-state index contributed by atoms with van der Waals surface area (Å²) >= 11 is 0. The van der Waals surface area contributed by atoms with Crippen molar-refractivity contribution in [2.24, 2.45) is 5.73 Å². The zero-order valence-electron chi connectivity index (χ0n) is 10.5. The summed E-state index contributed by atoms with van der Waals surface area (Å²) < 4.78 is 0. The van der Waals surface area contributed by atoms with Gasteiger partial charge in [-0.2, -0.15) is 0 Å². The lowest BCUT2D eigenvalue weighted by atomic mass is 10.1. The minimum atomic E-state index is -0.598. The number of anilines is 1. The van der Waals surface area contributed by atoms with Crippen molar-refractivity contribution in [1.82, 2.24) is 10.6 Å². The Morgan fingerprint density at radius 3 is 2.44 bits per heavy atom. The highest BCUT2D eigenvalue weighted by Gasteiger charge is 2.08. The molecule has 0 bridgehead atoms. The van der Waals surface area contributed by atoms with E-state index in [2.05, 4.69) is 16.0 Å². The summed E-state index contributed by atoms with van der Waals surface area (Å²) in [5.74, 6) is -0.165. The van der Waals surface area contributed by atoms with E-state index in [-0.39, 0.29) is 5.91 Å². The van der Waals surface area contributed by atoms with E-state index in [1.165, 1.54) is 0 Å². The molecule has 0 atom stereocenters. The number of carbonyl (C=O) groups is 2. The minimum Gasteiger partial charge on any atom is -0.388 e. The maximum atomic E-state index is 11.8. The number of amides is 3. The van der Waals surface area contributed by atoms with Crippen molar-refractivity contribution in [3.63, 3.8) is 0 Å². The summed E-state index contributed by atoms with van der Waals surface area (Å²) in [4.78, 5) is 22.3. The van der Waals surface area contributed by atoms with Crippen LogP contribution in [0.25, 0.3) is 0 Å². The number of primary amides is 1. The van der Waals surface area contributed by atoms with E-state index in [9.17, 15) is 9.59 Å². The number of hydrogen-bond donors (Lipinski definition) is 4. The molecule has 0 aliphatic rings. The zero-order valence-corrected chi connectivity index (χ0v) is 10.5. The van der Waals surface area contributed by atoms with Gasteiger partial charge in [0.2, 0.25) is 0 Å². The Balaban J connectivity index is 2.54. The number of nitrogens with two attached hydrogens (primary N) is 1. The zero-order chi connectivity index (χ0) is 13.5. The maximum Gasteiger partial charge on any atom is 0.312 e. The van der Waals surface area contributed by atoms with Crippen LogP contribution in [0.1, 0.15) is 15.9 Å². The topological polar surface area (TPSA) is 96.2 Å². The molecular formula is C12H18N4O2. The van der Waals surface area contributed by atoms with Crippen LogP contribution in [0.2, 0.25) is 0 Å². The Morgan fingerprint density at radius 1 is 1.22 bits per heavy atom. The first-order chi connectivity index (χ1) is 8.54. The molecule has 6 nitrogen and oxygen atoms in total. The molecule has 0 saturated carbocycles. The van der Waals surface area contributed by atoms with Gasteiger partial charge >= 0.3 is 6.03 Å². The molecule has 5 N–H and O–H groups in total. The second-order valence-electron chi connectivity index (χ2n) is 3.83. The second kappa shape index (κ2) is 6.48. The fourth-order valence-electron chi connectivity index (χ4n) is 1.53. The molecule has 0 radical (unpaired) electrons. The minimum absolute atomic E-state index is 0.165. The monoisotopic (exact) mass is 250 g/mol. The van der Waals surface area contributed by atoms with Crippen LogP contribution in [0.5, 0.6) is 0 Å². The Kier molecular flexibility index (Phi) is 4.98. The van der Waals surface area contributed by atoms with Crippen molar-refractivity contribution in [3.8, 4) is 0 Å². The highest BCUT2D eigenvalue weighted by Crippen LogP contribution is 2.14. The number of rotatable bonds is 5. The molecule has 1 aromatic carbocycles. The van der Waals surface area contributed by atoms with Gasteiger partial charge in [-0.05, 0) is 30.7 Å². The van der Waals surface area contributed by atoms with Gasteiger partial charge in [0, 0.05) is 31.4 Å². The number of aryl methyl sites for hydroxylation is 1. The van der Waals surface area contributed by atoms with Crippen LogP contribution in [0.15, 0.2) is 18.2 Å². The van der Waals surface area contributed by atoms with Crippen molar-refractivity contribution < 1.29 is 9.59 Å². The third kappa shape index (κ3) is 3.97. The summed E-state index contributed by atoms with van der Waals surface area (Å²) in [6.07, 6.45) is 0. The van der Waals surface area contributed by atoms with Crippen LogP contribution in [0, 0.1) is 6.92 Å². The molecule has 6 heteroatoms. The van der Waals surface area contributed by atoms with Gasteiger partial charge in [-0.15, -0.1) is 0 Å². The molecule has 0 aliphatic heterocycles. The first-order valence-electron chi connectivity index (χ1n) is 5.64. The molecule has 0 aromatic heterocycles. The SMILES string of the molecule is CNc1ccc(C(=O)NCCNC(N)=O)c(C)c1. The summed E-state index contributed by atoms with van der Waals surface area (Å²) in [5, 5.41) is 8.11. The van der Waals surface area contributed by atoms with Gasteiger partial charge in [-0.1, -0.05) is 0 Å². The molecule has 3 amide bonds. The van der Waals surface area contributed by atoms with Gasteiger partial charge in [-0.25, -0.2) is 4.79 Å². The lowest BCUT2D eigenvalue weighted by molar-refractivity contribution is 0.0953. The van der Waals surface area contributed by atoms with Crippen molar-refractivity contribution in [2.75, 3.05) is 25.5 Å². The smallest absolute Gasteiger partial charge is 0.312 e. The first kappa shape index (κ1) is 13.8. The third-order valence-electron chi connectivity index (χ3n) is 2.47. The molecule has 18 heavy (non-hydrogen) atoms. The number of benzene rings is 1. The van der Waals surface area contributed by atoms with Crippen LogP contribution in [-0.4, -0.2) is 32.1 Å². The molecule has 0 saturated heterocycles. The van der Waals surface area contributed by atoms with E-state index in [1.54, 1.807) is 6.07 Å². The molecule has 1 rings (SSSR count). The standard InChI is InChI=1S/C12H18N4O2/c1-8-7-9(14-2)3-4-10(8)11(17)15-5-6-16-12(13)18/h3-4,7,14H,5-6H2,1-2H3,(H,15,17)(H3,13,16,18). The highest BCUT2D eigenvalue weighted by molar-refractivity contribution is 5.96. The molecule has 98 valence electrons. The van der Waals surface area contributed by atoms with E-state index < -0.39 is 6.03 Å². The average Bonchev–Trinajstić information content (AvgIpc) is 2.33. The maximum absolute atomic E-state index is 11.8. The Labute approximate surface area is 106 Å². The van der Waals surface area contributed by atoms with Gasteiger partial charge in [0.05, 0.1) is 0 Å². The van der Waals surface area contributed by atoms with Gasteiger partial charge in [0.1, 0.15) is 0 Å². The van der Waals surface area contributed by atoms with E-state index in [0.717, 1.165) is 11.3 Å². The van der Waals surface area contributed by atoms with Crippen LogP contribution in [-0.2, 0) is 0 Å². The molecule has 0 spiro atoms. The van der Waals surface area contributed by atoms with E-state index in [4.69, 9.17) is 5.73 Å². The number of nitrogens with one attached hydrogen (secondary N) is 3. The van der Waals surface area contributed by atoms with Crippen molar-refractivity contribution in [1.29, 1.82) is 0 Å². The van der Waals surface area contributed by atoms with Crippen molar-refractivity contribution in [3.05, 3.63) is 29.3 Å². The Hall–Kier alpha value is -2.24. The van der Waals surface area contributed by atoms with Crippen LogP contribution >= 0.6 is 0 Å². The molecule has 0 aliphatic carbocycles. The Morgan fingerprint density at radius 2 is 1.89 bits per heavy atom. The fraction of sp³-hybridized carbons (Fsp3) is 0.333. The normalized spacial score (nSPS) is 9.67. The molecular weight excluding hydrogens is 232 g/mol. The summed E-state index contributed by atoms with van der Waals surface area (Å²) in [6, 6.07) is 4.90. The number of hydrogen-bond acceptors (Lipinski definition) is 3. The van der Waals surface area contributed by atoms with Gasteiger partial charge in [-0.3, -0.25) is 4.79 Å². The largest absolute Gasteiger partial charge is 0.388 e. The van der Waals surface area contributed by atoms with Crippen LogP contribution in [0.4, 0.5) is 10.5 Å². The van der Waals surface area contributed by atoms with E-state index >= 15 is 0 Å². The molecule has 1 aromatic rings.